The molecule has 1 aliphatic rings. The van der Waals surface area contributed by atoms with E-state index in [9.17, 15) is 19.5 Å². The van der Waals surface area contributed by atoms with Crippen LogP contribution in [0.1, 0.15) is 58.3 Å². The second-order valence-corrected chi connectivity index (χ2v) is 12.2. The number of rotatable bonds is 12. The van der Waals surface area contributed by atoms with Crippen molar-refractivity contribution in [3.8, 4) is 10.4 Å². The van der Waals surface area contributed by atoms with Gasteiger partial charge in [-0.2, -0.15) is 0 Å². The van der Waals surface area contributed by atoms with Crippen molar-refractivity contribution in [1.29, 1.82) is 0 Å². The fourth-order valence-corrected chi connectivity index (χ4v) is 5.72. The number of ether oxygens (including phenoxy) is 1. The number of amides is 3. The molecule has 3 amide bonds. The van der Waals surface area contributed by atoms with Crippen molar-refractivity contribution in [2.45, 2.75) is 72.2 Å². The molecule has 2 heterocycles. The summed E-state index contributed by atoms with van der Waals surface area (Å²) < 4.78 is 5.33. The molecule has 1 saturated heterocycles. The molecule has 4 atom stereocenters. The van der Waals surface area contributed by atoms with Crippen molar-refractivity contribution in [2.75, 3.05) is 32.9 Å². The van der Waals surface area contributed by atoms with Gasteiger partial charge in [0.25, 0.3) is 0 Å². The van der Waals surface area contributed by atoms with Crippen LogP contribution in [0.5, 0.6) is 0 Å². The minimum atomic E-state index is -1.03. The molecule has 3 rings (SSSR count). The van der Waals surface area contributed by atoms with Crippen LogP contribution in [0.3, 0.4) is 0 Å². The third-order valence-corrected chi connectivity index (χ3v) is 7.94. The Labute approximate surface area is 246 Å². The number of nitrogens with zero attached hydrogens (tertiary/aromatic N) is 3. The molecule has 1 fully saturated rings. The smallest absolute Gasteiger partial charge is 0.249 e. The van der Waals surface area contributed by atoms with Gasteiger partial charge in [0.05, 0.1) is 48.0 Å². The van der Waals surface area contributed by atoms with Crippen LogP contribution < -0.4 is 11.1 Å². The molecule has 41 heavy (non-hydrogen) atoms. The Morgan fingerprint density at radius 2 is 1.90 bits per heavy atom. The van der Waals surface area contributed by atoms with Crippen LogP contribution in [-0.2, 0) is 24.0 Å². The number of nitrogens with two attached hydrogens (primary N) is 1. The summed E-state index contributed by atoms with van der Waals surface area (Å²) in [6, 6.07) is 5.65. The summed E-state index contributed by atoms with van der Waals surface area (Å²) in [6.45, 7) is 11.5. The van der Waals surface area contributed by atoms with E-state index in [2.05, 4.69) is 10.3 Å². The predicted octanol–water partition coefficient (Wildman–Crippen LogP) is 2.43. The number of hydrogen-bond donors (Lipinski definition) is 3. The van der Waals surface area contributed by atoms with Crippen molar-refractivity contribution in [3.63, 3.8) is 0 Å². The maximum Gasteiger partial charge on any atom is 0.249 e. The van der Waals surface area contributed by atoms with E-state index in [0.29, 0.717) is 13.2 Å². The Balaban J connectivity index is 1.74. The number of hydrogen-bond acceptors (Lipinski definition) is 9. The van der Waals surface area contributed by atoms with Gasteiger partial charge in [0.15, 0.2) is 0 Å². The third-order valence-electron chi connectivity index (χ3n) is 6.96. The Morgan fingerprint density at radius 3 is 2.46 bits per heavy atom. The number of likely N-dealkylation sites (tertiary alicyclic amines) is 1. The van der Waals surface area contributed by atoms with Gasteiger partial charge in [0, 0.05) is 26.4 Å². The van der Waals surface area contributed by atoms with E-state index in [1.807, 2.05) is 64.4 Å². The van der Waals surface area contributed by atoms with Crippen LogP contribution in [0.15, 0.2) is 29.8 Å². The summed E-state index contributed by atoms with van der Waals surface area (Å²) in [5.41, 5.74) is 9.44. The van der Waals surface area contributed by atoms with Crippen molar-refractivity contribution >= 4 is 29.1 Å². The maximum atomic E-state index is 14.0. The van der Waals surface area contributed by atoms with E-state index < -0.39 is 35.4 Å². The van der Waals surface area contributed by atoms with Gasteiger partial charge in [-0.1, -0.05) is 45.0 Å². The van der Waals surface area contributed by atoms with E-state index in [1.165, 1.54) is 11.8 Å². The summed E-state index contributed by atoms with van der Waals surface area (Å²) in [6.07, 6.45) is -0.776. The first kappa shape index (κ1) is 32.6. The Kier molecular flexibility index (Phi) is 11.4. The molecule has 0 unspecified atom stereocenters. The van der Waals surface area contributed by atoms with E-state index in [1.54, 1.807) is 11.3 Å². The molecule has 1 aromatic heterocycles. The van der Waals surface area contributed by atoms with E-state index in [0.717, 1.165) is 26.8 Å². The molecule has 0 spiro atoms. The molecule has 0 saturated carbocycles. The Morgan fingerprint density at radius 1 is 1.22 bits per heavy atom. The zero-order chi connectivity index (χ0) is 30.3. The van der Waals surface area contributed by atoms with Crippen LogP contribution in [-0.4, -0.2) is 88.9 Å². The molecule has 1 aliphatic heterocycles. The molecule has 12 heteroatoms. The lowest BCUT2D eigenvalue weighted by Crippen LogP contribution is -2.59. The highest BCUT2D eigenvalue weighted by Gasteiger charge is 2.47. The number of hydroxylamine groups is 2. The first-order valence-corrected chi connectivity index (χ1v) is 14.7. The predicted molar refractivity (Wildman–Crippen MR) is 157 cm³/mol. The quantitative estimate of drug-likeness (QED) is 0.253. The van der Waals surface area contributed by atoms with Crippen LogP contribution >= 0.6 is 11.3 Å². The van der Waals surface area contributed by atoms with Crippen LogP contribution in [0, 0.1) is 12.3 Å². The topological polar surface area (TPSA) is 147 Å². The first-order chi connectivity index (χ1) is 19.3. The average Bonchev–Trinajstić information content (AvgIpc) is 3.52. The van der Waals surface area contributed by atoms with E-state index in [4.69, 9.17) is 15.3 Å². The maximum absolute atomic E-state index is 14.0. The fourth-order valence-electron chi connectivity index (χ4n) is 4.91. The molecule has 4 N–H and O–H groups in total. The monoisotopic (exact) mass is 589 g/mol. The summed E-state index contributed by atoms with van der Waals surface area (Å²) >= 11 is 1.58. The number of β-amino-alcohol motifs (C(OH)–C–C–N with tert-alkyl or cyclic N) is 1. The minimum absolute atomic E-state index is 0.0217. The number of aryl methyl sites for hydroxylation is 1. The van der Waals surface area contributed by atoms with Crippen molar-refractivity contribution in [3.05, 3.63) is 41.0 Å². The van der Waals surface area contributed by atoms with Crippen LogP contribution in [0.4, 0.5) is 0 Å². The van der Waals surface area contributed by atoms with Crippen LogP contribution in [0.25, 0.3) is 10.4 Å². The Bertz CT molecular complexity index is 1180. The molecule has 11 nitrogen and oxygen atoms in total. The molecule has 1 aromatic carbocycles. The third kappa shape index (κ3) is 8.32. The zero-order valence-corrected chi connectivity index (χ0v) is 25.6. The summed E-state index contributed by atoms with van der Waals surface area (Å²) in [7, 11) is 0. The lowest BCUT2D eigenvalue weighted by molar-refractivity contribution is -0.217. The Hall–Kier alpha value is -2.90. The van der Waals surface area contributed by atoms with Gasteiger partial charge in [-0.15, -0.1) is 11.3 Å². The molecule has 0 bridgehead atoms. The number of aliphatic hydroxyl groups excluding tert-OH is 1. The van der Waals surface area contributed by atoms with Crippen molar-refractivity contribution in [1.82, 2.24) is 20.3 Å². The van der Waals surface area contributed by atoms with Gasteiger partial charge in [-0.3, -0.25) is 19.2 Å². The van der Waals surface area contributed by atoms with Gasteiger partial charge < -0.3 is 25.8 Å². The number of aromatic nitrogens is 1. The fraction of sp³-hybridized carbons (Fsp3) is 0.586. The second-order valence-electron chi connectivity index (χ2n) is 11.4. The first-order valence-electron chi connectivity index (χ1n) is 13.8. The average molecular weight is 590 g/mol. The number of thiazole rings is 1. The molecule has 226 valence electrons. The molecular weight excluding hydrogens is 546 g/mol. The zero-order valence-electron chi connectivity index (χ0n) is 24.8. The van der Waals surface area contributed by atoms with Gasteiger partial charge in [0.1, 0.15) is 12.1 Å². The highest BCUT2D eigenvalue weighted by atomic mass is 32.1. The van der Waals surface area contributed by atoms with Crippen LogP contribution in [0.2, 0.25) is 0 Å². The number of carbonyl (C=O) groups excluding carboxylic acids is 3. The lowest BCUT2D eigenvalue weighted by Gasteiger charge is -2.40. The standard InChI is InChI=1S/C29H43N5O6S/c1-18(21-7-9-22(10-8-21)25-19(2)31-17-41-25)32-27(37)24-15-23(36)16-33(24)28(38)26(29(4,5)6)34(20(3)35)40-14-13-39-12-11-30/h7-10,17-18,23-24,26,36H,11-16,30H2,1-6H3,(H,32,37)/t18-,23+,24-,26+/m0/s1. The van der Waals surface area contributed by atoms with Gasteiger partial charge in [0.2, 0.25) is 17.7 Å². The normalized spacial score (nSPS) is 18.7. The van der Waals surface area contributed by atoms with E-state index >= 15 is 0 Å². The number of nitrogens with one attached hydrogen (secondary N) is 1. The summed E-state index contributed by atoms with van der Waals surface area (Å²) in [5.74, 6) is -1.30. The molecule has 0 aliphatic carbocycles. The highest BCUT2D eigenvalue weighted by molar-refractivity contribution is 7.13. The second kappa shape index (κ2) is 14.3. The molecule has 0 radical (unpaired) electrons. The van der Waals surface area contributed by atoms with Crippen molar-refractivity contribution < 1.29 is 29.1 Å². The highest BCUT2D eigenvalue weighted by Crippen LogP contribution is 2.31. The largest absolute Gasteiger partial charge is 0.391 e. The number of carbonyl (C=O) groups is 3. The van der Waals surface area contributed by atoms with Gasteiger partial charge in [-0.05, 0) is 30.4 Å². The van der Waals surface area contributed by atoms with Gasteiger partial charge in [-0.25, -0.2) is 10.0 Å². The molecular formula is C29H43N5O6S. The summed E-state index contributed by atoms with van der Waals surface area (Å²) in [5, 5.41) is 14.6. The van der Waals surface area contributed by atoms with Gasteiger partial charge >= 0.3 is 0 Å². The number of benzene rings is 1. The molecule has 2 aromatic rings. The lowest BCUT2D eigenvalue weighted by atomic mass is 9.85. The summed E-state index contributed by atoms with van der Waals surface area (Å²) in [4.78, 5) is 52.5. The van der Waals surface area contributed by atoms with E-state index in [-0.39, 0.29) is 38.1 Å². The SMILES string of the molecule is CC(=O)N(OCCOCCN)[C@H](C(=O)N1C[C@H](O)C[C@H]1C(=O)N[C@@H](C)c1ccc(-c2scnc2C)cc1)C(C)(C)C. The minimum Gasteiger partial charge on any atom is -0.391 e. The number of aliphatic hydroxyl groups is 1. The van der Waals surface area contributed by atoms with Crippen molar-refractivity contribution in [2.24, 2.45) is 11.1 Å².